The number of amides is 1. The lowest BCUT2D eigenvalue weighted by Gasteiger charge is -2.26. The topological polar surface area (TPSA) is 99.3 Å². The molecule has 28 heavy (non-hydrogen) atoms. The molecule has 0 bridgehead atoms. The molecule has 0 unspecified atom stereocenters. The summed E-state index contributed by atoms with van der Waals surface area (Å²) in [7, 11) is -3.61. The van der Waals surface area contributed by atoms with Crippen LogP contribution in [0.4, 0.5) is 0 Å². The minimum Gasteiger partial charge on any atom is -0.348 e. The Kier molecular flexibility index (Phi) is 6.00. The molecule has 1 aromatic carbocycles. The summed E-state index contributed by atoms with van der Waals surface area (Å²) in [4.78, 5) is 27.4. The van der Waals surface area contributed by atoms with E-state index in [2.05, 4.69) is 10.3 Å². The van der Waals surface area contributed by atoms with Gasteiger partial charge in [-0.1, -0.05) is 12.5 Å². The minimum atomic E-state index is -3.61. The average Bonchev–Trinajstić information content (AvgIpc) is 2.67. The molecule has 150 valence electrons. The largest absolute Gasteiger partial charge is 0.348 e. The Morgan fingerprint density at radius 1 is 1.14 bits per heavy atom. The van der Waals surface area contributed by atoms with Gasteiger partial charge < -0.3 is 10.3 Å². The van der Waals surface area contributed by atoms with E-state index in [0.29, 0.717) is 18.7 Å². The number of benzene rings is 1. The first kappa shape index (κ1) is 20.3. The fraction of sp³-hybridized carbons (Fsp3) is 0.400. The Balaban J connectivity index is 1.77. The van der Waals surface area contributed by atoms with E-state index < -0.39 is 15.9 Å². The van der Waals surface area contributed by atoms with Crippen molar-refractivity contribution in [3.63, 3.8) is 0 Å². The van der Waals surface area contributed by atoms with Crippen LogP contribution in [0.1, 0.15) is 46.4 Å². The second-order valence-corrected chi connectivity index (χ2v) is 9.06. The third kappa shape index (κ3) is 4.34. The maximum atomic E-state index is 12.8. The summed E-state index contributed by atoms with van der Waals surface area (Å²) in [5.74, 6) is -0.421. The van der Waals surface area contributed by atoms with Gasteiger partial charge in [0.05, 0.1) is 4.90 Å². The zero-order valence-electron chi connectivity index (χ0n) is 16.1. The summed E-state index contributed by atoms with van der Waals surface area (Å²) in [6.45, 7) is 4.70. The highest BCUT2D eigenvalue weighted by molar-refractivity contribution is 7.89. The van der Waals surface area contributed by atoms with Crippen molar-refractivity contribution < 1.29 is 13.2 Å². The highest BCUT2D eigenvalue weighted by Crippen LogP contribution is 2.21. The standard InChI is InChI=1S/C20H25N3O4S/c1-14-11-15(2)22-20(25)18(14)13-21-19(24)16-7-6-8-17(12-16)28(26,27)23-9-4-3-5-10-23/h6-8,11-12H,3-5,9-10,13H2,1-2H3,(H,21,24)(H,22,25). The number of aromatic amines is 1. The number of hydrogen-bond donors (Lipinski definition) is 2. The van der Waals surface area contributed by atoms with Crippen molar-refractivity contribution in [1.29, 1.82) is 0 Å². The van der Waals surface area contributed by atoms with Gasteiger partial charge in [0.1, 0.15) is 0 Å². The summed E-state index contributed by atoms with van der Waals surface area (Å²) in [5.41, 5.74) is 2.05. The lowest BCUT2D eigenvalue weighted by Crippen LogP contribution is -2.35. The molecule has 7 nitrogen and oxygen atoms in total. The Bertz CT molecular complexity index is 1040. The summed E-state index contributed by atoms with van der Waals surface area (Å²) in [6, 6.07) is 7.88. The number of aromatic nitrogens is 1. The highest BCUT2D eigenvalue weighted by atomic mass is 32.2. The number of aryl methyl sites for hydroxylation is 2. The molecule has 0 aliphatic carbocycles. The zero-order valence-corrected chi connectivity index (χ0v) is 16.9. The number of H-pyrrole nitrogens is 1. The van der Waals surface area contributed by atoms with E-state index in [1.165, 1.54) is 16.4 Å². The Morgan fingerprint density at radius 2 is 1.86 bits per heavy atom. The third-order valence-corrected chi connectivity index (χ3v) is 6.86. The lowest BCUT2D eigenvalue weighted by atomic mass is 10.1. The normalized spacial score (nSPS) is 15.4. The van der Waals surface area contributed by atoms with Gasteiger partial charge in [0.15, 0.2) is 0 Å². The maximum absolute atomic E-state index is 12.8. The van der Waals surface area contributed by atoms with E-state index in [0.717, 1.165) is 30.5 Å². The number of nitrogens with one attached hydrogen (secondary N) is 2. The molecule has 0 spiro atoms. The van der Waals surface area contributed by atoms with E-state index in [-0.39, 0.29) is 22.6 Å². The maximum Gasteiger partial charge on any atom is 0.253 e. The molecule has 1 fully saturated rings. The number of piperidine rings is 1. The molecular weight excluding hydrogens is 378 g/mol. The van der Waals surface area contributed by atoms with Crippen LogP contribution in [0.15, 0.2) is 40.0 Å². The third-order valence-electron chi connectivity index (χ3n) is 4.97. The van der Waals surface area contributed by atoms with E-state index >= 15 is 0 Å². The van der Waals surface area contributed by atoms with Crippen LogP contribution < -0.4 is 10.9 Å². The molecule has 2 heterocycles. The van der Waals surface area contributed by atoms with Crippen LogP contribution in [0.2, 0.25) is 0 Å². The second kappa shape index (κ2) is 8.28. The number of pyridine rings is 1. The summed E-state index contributed by atoms with van der Waals surface area (Å²) in [6.07, 6.45) is 2.74. The van der Waals surface area contributed by atoms with Gasteiger partial charge in [-0.25, -0.2) is 8.42 Å². The molecule has 3 rings (SSSR count). The van der Waals surface area contributed by atoms with Crippen molar-refractivity contribution >= 4 is 15.9 Å². The van der Waals surface area contributed by atoms with Gasteiger partial charge in [-0.2, -0.15) is 4.31 Å². The van der Waals surface area contributed by atoms with Crippen molar-refractivity contribution in [2.75, 3.05) is 13.1 Å². The number of carbonyl (C=O) groups excluding carboxylic acids is 1. The van der Waals surface area contributed by atoms with Crippen LogP contribution >= 0.6 is 0 Å². The van der Waals surface area contributed by atoms with E-state index in [1.54, 1.807) is 19.1 Å². The molecule has 1 aromatic heterocycles. The van der Waals surface area contributed by atoms with Crippen LogP contribution in [0, 0.1) is 13.8 Å². The summed E-state index contributed by atoms with van der Waals surface area (Å²) < 4.78 is 27.1. The molecular formula is C20H25N3O4S. The quantitative estimate of drug-likeness (QED) is 0.798. The van der Waals surface area contributed by atoms with Gasteiger partial charge in [0.25, 0.3) is 11.5 Å². The van der Waals surface area contributed by atoms with Gasteiger partial charge in [-0.05, 0) is 56.5 Å². The van der Waals surface area contributed by atoms with Crippen molar-refractivity contribution in [2.45, 2.75) is 44.6 Å². The number of sulfonamides is 1. The molecule has 2 aromatic rings. The van der Waals surface area contributed by atoms with Gasteiger partial charge in [0.2, 0.25) is 10.0 Å². The average molecular weight is 404 g/mol. The SMILES string of the molecule is Cc1cc(C)c(CNC(=O)c2cccc(S(=O)(=O)N3CCCCC3)c2)c(=O)[nH]1. The van der Waals surface area contributed by atoms with Crippen molar-refractivity contribution in [1.82, 2.24) is 14.6 Å². The predicted octanol–water partition coefficient (Wildman–Crippen LogP) is 2.10. The Hall–Kier alpha value is -2.45. The number of carbonyl (C=O) groups is 1. The van der Waals surface area contributed by atoms with E-state index in [1.807, 2.05) is 13.0 Å². The van der Waals surface area contributed by atoms with Crippen molar-refractivity contribution in [2.24, 2.45) is 0 Å². The molecule has 0 radical (unpaired) electrons. The first-order chi connectivity index (χ1) is 13.3. The van der Waals surface area contributed by atoms with Crippen LogP contribution in [0.5, 0.6) is 0 Å². The molecule has 1 aliphatic heterocycles. The first-order valence-electron chi connectivity index (χ1n) is 9.37. The lowest BCUT2D eigenvalue weighted by molar-refractivity contribution is 0.0950. The number of rotatable bonds is 5. The number of hydrogen-bond acceptors (Lipinski definition) is 4. The van der Waals surface area contributed by atoms with Crippen LogP contribution in [-0.4, -0.2) is 36.7 Å². The smallest absolute Gasteiger partial charge is 0.253 e. The van der Waals surface area contributed by atoms with Gasteiger partial charge in [0, 0.05) is 36.5 Å². The summed E-state index contributed by atoms with van der Waals surface area (Å²) >= 11 is 0. The summed E-state index contributed by atoms with van der Waals surface area (Å²) in [5, 5.41) is 2.71. The zero-order chi connectivity index (χ0) is 20.3. The highest BCUT2D eigenvalue weighted by Gasteiger charge is 2.26. The Labute approximate surface area is 164 Å². The molecule has 1 saturated heterocycles. The molecule has 8 heteroatoms. The van der Waals surface area contributed by atoms with Crippen LogP contribution in [0.25, 0.3) is 0 Å². The Morgan fingerprint density at radius 3 is 2.54 bits per heavy atom. The fourth-order valence-corrected chi connectivity index (χ4v) is 4.99. The minimum absolute atomic E-state index is 0.0728. The molecule has 2 N–H and O–H groups in total. The van der Waals surface area contributed by atoms with Crippen molar-refractivity contribution in [3.05, 3.63) is 63.1 Å². The molecule has 0 atom stereocenters. The van der Waals surface area contributed by atoms with Gasteiger partial charge in [-0.3, -0.25) is 9.59 Å². The van der Waals surface area contributed by atoms with Crippen LogP contribution in [-0.2, 0) is 16.6 Å². The van der Waals surface area contributed by atoms with Gasteiger partial charge in [-0.15, -0.1) is 0 Å². The first-order valence-corrected chi connectivity index (χ1v) is 10.8. The number of nitrogens with zero attached hydrogens (tertiary/aromatic N) is 1. The molecule has 1 aliphatic rings. The van der Waals surface area contributed by atoms with E-state index in [9.17, 15) is 18.0 Å². The molecule has 1 amide bonds. The van der Waals surface area contributed by atoms with Crippen molar-refractivity contribution in [3.8, 4) is 0 Å². The second-order valence-electron chi connectivity index (χ2n) is 7.12. The van der Waals surface area contributed by atoms with Crippen LogP contribution in [0.3, 0.4) is 0 Å². The monoisotopic (exact) mass is 403 g/mol. The predicted molar refractivity (Wildman–Crippen MR) is 107 cm³/mol. The van der Waals surface area contributed by atoms with E-state index in [4.69, 9.17) is 0 Å². The fourth-order valence-electron chi connectivity index (χ4n) is 3.42. The van der Waals surface area contributed by atoms with Gasteiger partial charge >= 0.3 is 0 Å². The molecule has 0 saturated carbocycles.